The quantitative estimate of drug-likeness (QED) is 0.336. The van der Waals surface area contributed by atoms with Gasteiger partial charge < -0.3 is 19.5 Å². The van der Waals surface area contributed by atoms with Crippen LogP contribution in [-0.2, 0) is 7.05 Å². The first-order valence-electron chi connectivity index (χ1n) is 14.4. The van der Waals surface area contributed by atoms with E-state index in [1.54, 1.807) is 37.8 Å². The molecule has 9 nitrogen and oxygen atoms in total. The zero-order valence-electron chi connectivity index (χ0n) is 25.1. The Kier molecular flexibility index (Phi) is 7.06. The van der Waals surface area contributed by atoms with E-state index in [0.29, 0.717) is 28.0 Å². The number of aromatic nitrogens is 4. The fourth-order valence-electron chi connectivity index (χ4n) is 6.62. The molecule has 1 spiro atoms. The lowest BCUT2D eigenvalue weighted by molar-refractivity contribution is -0.0237. The number of imidazole rings is 1. The maximum absolute atomic E-state index is 12.5. The van der Waals surface area contributed by atoms with E-state index in [1.807, 2.05) is 38.1 Å². The number of aryl methyl sites for hydroxylation is 2. The molecule has 0 aliphatic carbocycles. The summed E-state index contributed by atoms with van der Waals surface area (Å²) in [7, 11) is 5.72. The Morgan fingerprint density at radius 3 is 2.43 bits per heavy atom. The molecule has 0 bridgehead atoms. The Bertz CT molecular complexity index is 1730. The molecule has 0 amide bonds. The highest BCUT2D eigenvalue weighted by atomic mass is 35.5. The molecule has 1 aromatic carbocycles. The van der Waals surface area contributed by atoms with Gasteiger partial charge in [0.05, 0.1) is 16.4 Å². The van der Waals surface area contributed by atoms with Gasteiger partial charge in [0.15, 0.2) is 5.82 Å². The van der Waals surface area contributed by atoms with E-state index in [-0.39, 0.29) is 17.0 Å². The normalized spacial score (nSPS) is 18.7. The summed E-state index contributed by atoms with van der Waals surface area (Å²) in [5.74, 6) is 0.964. The van der Waals surface area contributed by atoms with Gasteiger partial charge in [-0.2, -0.15) is 0 Å². The summed E-state index contributed by atoms with van der Waals surface area (Å²) in [6.45, 7) is 9.55. The van der Waals surface area contributed by atoms with Crippen molar-refractivity contribution in [1.29, 1.82) is 0 Å². The Hall–Kier alpha value is -3.82. The van der Waals surface area contributed by atoms with Crippen LogP contribution in [0.4, 0.5) is 11.5 Å². The van der Waals surface area contributed by atoms with Crippen LogP contribution < -0.4 is 15.5 Å². The number of rotatable bonds is 6. The number of aromatic hydroxyl groups is 1. The van der Waals surface area contributed by atoms with E-state index >= 15 is 0 Å². The van der Waals surface area contributed by atoms with Crippen LogP contribution in [0.25, 0.3) is 28.1 Å². The van der Waals surface area contributed by atoms with Gasteiger partial charge in [0, 0.05) is 87.8 Å². The van der Waals surface area contributed by atoms with Crippen molar-refractivity contribution in [3.8, 4) is 33.8 Å². The van der Waals surface area contributed by atoms with Crippen molar-refractivity contribution in [1.82, 2.24) is 24.0 Å². The van der Waals surface area contributed by atoms with Gasteiger partial charge >= 0.3 is 5.69 Å². The van der Waals surface area contributed by atoms with Crippen molar-refractivity contribution in [2.75, 3.05) is 43.5 Å². The van der Waals surface area contributed by atoms with Crippen LogP contribution in [0.3, 0.4) is 0 Å². The van der Waals surface area contributed by atoms with E-state index in [0.717, 1.165) is 54.4 Å². The minimum atomic E-state index is -0.183. The third-order valence-corrected chi connectivity index (χ3v) is 9.16. The van der Waals surface area contributed by atoms with Crippen LogP contribution in [0.2, 0.25) is 5.02 Å². The molecule has 1 N–H and O–H groups in total. The van der Waals surface area contributed by atoms with Crippen molar-refractivity contribution in [2.45, 2.75) is 45.2 Å². The van der Waals surface area contributed by atoms with Crippen molar-refractivity contribution < 1.29 is 5.11 Å². The third kappa shape index (κ3) is 4.65. The highest BCUT2D eigenvalue weighted by Gasteiger charge is 2.50. The van der Waals surface area contributed by atoms with Crippen LogP contribution in [-0.4, -0.2) is 74.4 Å². The predicted octanol–water partition coefficient (Wildman–Crippen LogP) is 5.10. The molecule has 4 aromatic rings. The molecule has 2 saturated heterocycles. The van der Waals surface area contributed by atoms with Crippen LogP contribution in [0.15, 0.2) is 53.7 Å². The summed E-state index contributed by atoms with van der Waals surface area (Å²) in [5.41, 5.74) is 5.01. The second-order valence-corrected chi connectivity index (χ2v) is 12.5. The molecule has 2 aliphatic rings. The first-order valence-corrected chi connectivity index (χ1v) is 14.8. The molecule has 10 heteroatoms. The average Bonchev–Trinajstić information content (AvgIpc) is 3.54. The summed E-state index contributed by atoms with van der Waals surface area (Å²) in [6, 6.07) is 9.92. The van der Waals surface area contributed by atoms with E-state index in [9.17, 15) is 9.90 Å². The molecule has 2 fully saturated rings. The number of pyridine rings is 2. The summed E-state index contributed by atoms with van der Waals surface area (Å²) in [4.78, 5) is 29.2. The second kappa shape index (κ2) is 10.5. The molecule has 0 saturated carbocycles. The first-order chi connectivity index (χ1) is 20.0. The summed E-state index contributed by atoms with van der Waals surface area (Å²) < 4.78 is 2.99. The lowest BCUT2D eigenvalue weighted by atomic mass is 9.82. The van der Waals surface area contributed by atoms with Crippen molar-refractivity contribution >= 4 is 23.1 Å². The largest absolute Gasteiger partial charge is 0.505 e. The van der Waals surface area contributed by atoms with Crippen molar-refractivity contribution in [3.05, 3.63) is 70.1 Å². The molecule has 1 unspecified atom stereocenters. The summed E-state index contributed by atoms with van der Waals surface area (Å²) >= 11 is 6.66. The van der Waals surface area contributed by atoms with E-state index in [4.69, 9.17) is 21.6 Å². The van der Waals surface area contributed by atoms with Crippen molar-refractivity contribution in [3.63, 3.8) is 0 Å². The maximum atomic E-state index is 12.5. The SMILES string of the molecule is Cc1cc(-c2ccc(-n3ccn(C)c3=O)c(Cl)c2)c(O)c(-c2cnc(N(C)C)c(N3CCC4(CCN4C(C)C)C3)c2)n1. The summed E-state index contributed by atoms with van der Waals surface area (Å²) in [5, 5.41) is 12.0. The maximum Gasteiger partial charge on any atom is 0.332 e. The minimum absolute atomic E-state index is 0.0644. The van der Waals surface area contributed by atoms with Gasteiger partial charge in [0.1, 0.15) is 11.4 Å². The minimum Gasteiger partial charge on any atom is -0.505 e. The van der Waals surface area contributed by atoms with Gasteiger partial charge in [0.2, 0.25) is 0 Å². The van der Waals surface area contributed by atoms with Crippen LogP contribution in [0.5, 0.6) is 5.75 Å². The zero-order chi connectivity index (χ0) is 29.9. The molecule has 42 heavy (non-hydrogen) atoms. The molecule has 6 rings (SSSR count). The van der Waals surface area contributed by atoms with Gasteiger partial charge in [-0.15, -0.1) is 0 Å². The predicted molar refractivity (Wildman–Crippen MR) is 169 cm³/mol. The van der Waals surface area contributed by atoms with E-state index in [2.05, 4.69) is 29.7 Å². The summed E-state index contributed by atoms with van der Waals surface area (Å²) in [6.07, 6.45) is 7.51. The fourth-order valence-corrected chi connectivity index (χ4v) is 6.89. The van der Waals surface area contributed by atoms with Gasteiger partial charge in [-0.1, -0.05) is 17.7 Å². The van der Waals surface area contributed by atoms with Gasteiger partial charge in [0.25, 0.3) is 0 Å². The molecule has 0 radical (unpaired) electrons. The molecule has 3 aromatic heterocycles. The van der Waals surface area contributed by atoms with Gasteiger partial charge in [-0.05, 0) is 63.4 Å². The highest BCUT2D eigenvalue weighted by Crippen LogP contribution is 2.45. The lowest BCUT2D eigenvalue weighted by Crippen LogP contribution is -2.63. The first kappa shape index (κ1) is 28.3. The molecule has 5 heterocycles. The van der Waals surface area contributed by atoms with Crippen molar-refractivity contribution in [2.24, 2.45) is 7.05 Å². The Morgan fingerprint density at radius 1 is 1.05 bits per heavy atom. The average molecular weight is 588 g/mol. The van der Waals surface area contributed by atoms with E-state index in [1.165, 1.54) is 15.6 Å². The smallest absolute Gasteiger partial charge is 0.332 e. The molecule has 2 aliphatic heterocycles. The number of likely N-dealkylation sites (tertiary alicyclic amines) is 1. The molecule has 220 valence electrons. The van der Waals surface area contributed by atoms with Crippen LogP contribution in [0.1, 0.15) is 32.4 Å². The number of nitrogens with zero attached hydrogens (tertiary/aromatic N) is 7. The number of hydrogen-bond acceptors (Lipinski definition) is 7. The van der Waals surface area contributed by atoms with Gasteiger partial charge in [-0.3, -0.25) is 9.47 Å². The zero-order valence-corrected chi connectivity index (χ0v) is 25.9. The Morgan fingerprint density at radius 2 is 1.81 bits per heavy atom. The second-order valence-electron chi connectivity index (χ2n) is 12.1. The monoisotopic (exact) mass is 587 g/mol. The Balaban J connectivity index is 1.38. The molecular weight excluding hydrogens is 550 g/mol. The standard InChI is InChI=1S/C32H38ClN7O2/c1-20(2)40-12-10-32(40)9-11-38(19-32)27-17-23(18-34-30(27)36(4)5)28-29(41)24(15-21(3)35-28)22-7-8-26(25(33)16-22)39-14-13-37(6)31(39)42/h7-8,13-18,20,41H,9-12,19H2,1-6H3. The van der Waals surface area contributed by atoms with Crippen LogP contribution >= 0.6 is 11.6 Å². The highest BCUT2D eigenvalue weighted by molar-refractivity contribution is 6.32. The number of anilines is 2. The Labute approximate surface area is 251 Å². The number of hydrogen-bond donors (Lipinski definition) is 1. The van der Waals surface area contributed by atoms with Crippen LogP contribution in [0, 0.1) is 6.92 Å². The third-order valence-electron chi connectivity index (χ3n) is 8.85. The number of benzene rings is 1. The van der Waals surface area contributed by atoms with E-state index < -0.39 is 0 Å². The lowest BCUT2D eigenvalue weighted by Gasteiger charge is -2.53. The van der Waals surface area contributed by atoms with Gasteiger partial charge in [-0.25, -0.2) is 14.8 Å². The topological polar surface area (TPSA) is 82.7 Å². The molecule has 1 atom stereocenters. The number of halogens is 1. The molecular formula is C32H38ClN7O2. The fraction of sp³-hybridized carbons (Fsp3) is 0.406.